The number of nitrogens with zero attached hydrogens (tertiary/aromatic N) is 1. The molecule has 4 nitrogen and oxygen atoms in total. The van der Waals surface area contributed by atoms with Crippen LogP contribution in [0.4, 0.5) is 5.69 Å². The minimum absolute atomic E-state index is 0.0711. The van der Waals surface area contributed by atoms with Crippen molar-refractivity contribution in [2.24, 2.45) is 0 Å². The molecule has 0 spiro atoms. The molecule has 24 heavy (non-hydrogen) atoms. The monoisotopic (exact) mass is 324 g/mol. The molecule has 4 heteroatoms. The van der Waals surface area contributed by atoms with Crippen LogP contribution >= 0.6 is 0 Å². The summed E-state index contributed by atoms with van der Waals surface area (Å²) in [5.41, 5.74) is 3.68. The third-order valence-electron chi connectivity index (χ3n) is 4.51. The third kappa shape index (κ3) is 3.70. The lowest BCUT2D eigenvalue weighted by Gasteiger charge is -2.19. The number of hydrogen-bond donors (Lipinski definition) is 1. The van der Waals surface area contributed by atoms with Gasteiger partial charge in [0, 0.05) is 24.7 Å². The highest BCUT2D eigenvalue weighted by Crippen LogP contribution is 2.35. The zero-order chi connectivity index (χ0) is 16.9. The highest BCUT2D eigenvalue weighted by atomic mass is 16.5. The van der Waals surface area contributed by atoms with Gasteiger partial charge in [-0.1, -0.05) is 37.3 Å². The zero-order valence-corrected chi connectivity index (χ0v) is 14.3. The van der Waals surface area contributed by atoms with Crippen molar-refractivity contribution in [3.8, 4) is 5.75 Å². The molecule has 1 N–H and O–H groups in total. The Morgan fingerprint density at radius 2 is 2.08 bits per heavy atom. The molecule has 1 unspecified atom stereocenters. The lowest BCUT2D eigenvalue weighted by molar-refractivity contribution is -0.119. The first-order valence-electron chi connectivity index (χ1n) is 8.41. The molecule has 2 aromatic carbocycles. The maximum Gasteiger partial charge on any atom is 0.239 e. The van der Waals surface area contributed by atoms with E-state index in [4.69, 9.17) is 4.74 Å². The second-order valence-electron chi connectivity index (χ2n) is 6.29. The fourth-order valence-electron chi connectivity index (χ4n) is 3.27. The molecule has 0 bridgehead atoms. The van der Waals surface area contributed by atoms with Crippen molar-refractivity contribution in [3.05, 3.63) is 59.7 Å². The minimum atomic E-state index is 0.0711. The Kier molecular flexibility index (Phi) is 5.04. The number of fused-ring (bicyclic) bond motifs is 1. The van der Waals surface area contributed by atoms with Crippen molar-refractivity contribution in [2.75, 3.05) is 31.6 Å². The molecule has 0 fully saturated rings. The van der Waals surface area contributed by atoms with Gasteiger partial charge in [0.05, 0.1) is 13.7 Å². The van der Waals surface area contributed by atoms with E-state index in [-0.39, 0.29) is 5.91 Å². The maximum absolute atomic E-state index is 12.3. The van der Waals surface area contributed by atoms with Gasteiger partial charge in [-0.15, -0.1) is 0 Å². The number of hydrogen-bond acceptors (Lipinski definition) is 3. The third-order valence-corrected chi connectivity index (χ3v) is 4.51. The van der Waals surface area contributed by atoms with E-state index < -0.39 is 0 Å². The van der Waals surface area contributed by atoms with Gasteiger partial charge in [0.15, 0.2) is 0 Å². The number of methoxy groups -OCH3 is 1. The van der Waals surface area contributed by atoms with Gasteiger partial charge >= 0.3 is 0 Å². The normalized spacial score (nSPS) is 15.9. The lowest BCUT2D eigenvalue weighted by Crippen LogP contribution is -2.37. The summed E-state index contributed by atoms with van der Waals surface area (Å²) in [6, 6.07) is 16.3. The van der Waals surface area contributed by atoms with E-state index in [2.05, 4.69) is 35.3 Å². The Morgan fingerprint density at radius 3 is 2.92 bits per heavy atom. The van der Waals surface area contributed by atoms with Crippen LogP contribution in [-0.2, 0) is 11.2 Å². The number of amides is 1. The highest BCUT2D eigenvalue weighted by Gasteiger charge is 2.25. The Hall–Kier alpha value is -2.49. The molecule has 0 saturated heterocycles. The summed E-state index contributed by atoms with van der Waals surface area (Å²) >= 11 is 0. The number of benzene rings is 2. The first kappa shape index (κ1) is 16.4. The Labute approximate surface area is 143 Å². The molecule has 1 atom stereocenters. The quantitative estimate of drug-likeness (QED) is 0.888. The molecule has 1 aliphatic rings. The molecule has 0 aliphatic carbocycles. The first-order valence-corrected chi connectivity index (χ1v) is 8.41. The molecule has 1 aliphatic heterocycles. The van der Waals surface area contributed by atoms with Gasteiger partial charge < -0.3 is 15.0 Å². The second kappa shape index (κ2) is 7.39. The topological polar surface area (TPSA) is 41.6 Å². The van der Waals surface area contributed by atoms with Gasteiger partial charge in [-0.25, -0.2) is 0 Å². The predicted octanol–water partition coefficient (Wildman–Crippen LogP) is 2.98. The summed E-state index contributed by atoms with van der Waals surface area (Å²) in [5.74, 6) is 1.40. The van der Waals surface area contributed by atoms with E-state index in [1.54, 1.807) is 7.11 Å². The van der Waals surface area contributed by atoms with Gasteiger partial charge in [0.1, 0.15) is 5.75 Å². The van der Waals surface area contributed by atoms with Crippen LogP contribution in [0.3, 0.4) is 0 Å². The summed E-state index contributed by atoms with van der Waals surface area (Å²) in [6.45, 7) is 4.17. The molecule has 1 heterocycles. The Morgan fingerprint density at radius 1 is 1.25 bits per heavy atom. The first-order chi connectivity index (χ1) is 11.7. The summed E-state index contributed by atoms with van der Waals surface area (Å²) in [6.07, 6.45) is 0.802. The van der Waals surface area contributed by atoms with Crippen molar-refractivity contribution in [1.82, 2.24) is 5.32 Å². The molecule has 0 saturated carbocycles. The van der Waals surface area contributed by atoms with Gasteiger partial charge in [-0.05, 0) is 35.7 Å². The summed E-state index contributed by atoms with van der Waals surface area (Å²) in [5, 5.41) is 3.02. The van der Waals surface area contributed by atoms with Crippen molar-refractivity contribution < 1.29 is 9.53 Å². The minimum Gasteiger partial charge on any atom is -0.497 e. The molecule has 126 valence electrons. The van der Waals surface area contributed by atoms with Gasteiger partial charge in [0.2, 0.25) is 5.91 Å². The van der Waals surface area contributed by atoms with Crippen molar-refractivity contribution >= 4 is 11.6 Å². The van der Waals surface area contributed by atoms with Crippen LogP contribution in [-0.4, -0.2) is 32.7 Å². The Bertz CT molecular complexity index is 714. The predicted molar refractivity (Wildman–Crippen MR) is 96.8 cm³/mol. The largest absolute Gasteiger partial charge is 0.497 e. The molecular formula is C20H24N2O2. The lowest BCUT2D eigenvalue weighted by atomic mass is 10.0. The molecule has 3 rings (SSSR count). The fraction of sp³-hybridized carbons (Fsp3) is 0.350. The average Bonchev–Trinajstić information content (AvgIpc) is 2.91. The second-order valence-corrected chi connectivity index (χ2v) is 6.29. The highest BCUT2D eigenvalue weighted by molar-refractivity contribution is 5.82. The summed E-state index contributed by atoms with van der Waals surface area (Å²) in [4.78, 5) is 14.4. The molecular weight excluding hydrogens is 300 g/mol. The average molecular weight is 324 g/mol. The number of nitrogens with one attached hydrogen (secondary N) is 1. The van der Waals surface area contributed by atoms with Crippen LogP contribution in [0.15, 0.2) is 48.5 Å². The van der Waals surface area contributed by atoms with Crippen molar-refractivity contribution in [3.63, 3.8) is 0 Å². The number of carbonyl (C=O) groups excluding carboxylic acids is 1. The van der Waals surface area contributed by atoms with Crippen LogP contribution in [0.5, 0.6) is 5.75 Å². The number of rotatable bonds is 6. The van der Waals surface area contributed by atoms with E-state index in [9.17, 15) is 4.79 Å². The fourth-order valence-corrected chi connectivity index (χ4v) is 3.27. The van der Waals surface area contributed by atoms with Crippen LogP contribution in [0.2, 0.25) is 0 Å². The van der Waals surface area contributed by atoms with E-state index in [0.717, 1.165) is 24.3 Å². The summed E-state index contributed by atoms with van der Waals surface area (Å²) < 4.78 is 5.22. The van der Waals surface area contributed by atoms with E-state index in [1.807, 2.05) is 30.3 Å². The van der Waals surface area contributed by atoms with E-state index in [1.165, 1.54) is 11.3 Å². The van der Waals surface area contributed by atoms with Crippen molar-refractivity contribution in [2.45, 2.75) is 19.3 Å². The number of para-hydroxylation sites is 1. The number of carbonyl (C=O) groups is 1. The molecule has 0 radical (unpaired) electrons. The van der Waals surface area contributed by atoms with Crippen LogP contribution < -0.4 is 15.0 Å². The summed E-state index contributed by atoms with van der Waals surface area (Å²) in [7, 11) is 1.66. The SMILES string of the molecule is COc1cccc(CCNC(=O)CN2CC(C)c3ccccc32)c1. The molecule has 2 aromatic rings. The number of ether oxygens (including phenoxy) is 1. The zero-order valence-electron chi connectivity index (χ0n) is 14.3. The van der Waals surface area contributed by atoms with Crippen LogP contribution in [0.25, 0.3) is 0 Å². The Balaban J connectivity index is 1.50. The van der Waals surface area contributed by atoms with Crippen molar-refractivity contribution in [1.29, 1.82) is 0 Å². The van der Waals surface area contributed by atoms with Crippen LogP contribution in [0.1, 0.15) is 24.0 Å². The van der Waals surface area contributed by atoms with E-state index in [0.29, 0.717) is 19.0 Å². The smallest absolute Gasteiger partial charge is 0.239 e. The van der Waals surface area contributed by atoms with Gasteiger partial charge in [-0.3, -0.25) is 4.79 Å². The maximum atomic E-state index is 12.3. The standard InChI is InChI=1S/C20H24N2O2/c1-15-13-22(19-9-4-3-8-18(15)19)14-20(23)21-11-10-16-6-5-7-17(12-16)24-2/h3-9,12,15H,10-11,13-14H2,1-2H3,(H,21,23). The molecule has 1 amide bonds. The van der Waals surface area contributed by atoms with Gasteiger partial charge in [0.25, 0.3) is 0 Å². The van der Waals surface area contributed by atoms with Gasteiger partial charge in [-0.2, -0.15) is 0 Å². The van der Waals surface area contributed by atoms with Crippen LogP contribution in [0, 0.1) is 0 Å². The van der Waals surface area contributed by atoms with E-state index >= 15 is 0 Å². The molecule has 0 aromatic heterocycles. The number of anilines is 1.